The SMILES string of the molecule is CN(C)C(C)(C)N1CCCCC1. The minimum Gasteiger partial charge on any atom is -0.292 e. The van der Waals surface area contributed by atoms with Crippen molar-refractivity contribution in [1.29, 1.82) is 0 Å². The van der Waals surface area contributed by atoms with E-state index in [0.717, 1.165) is 0 Å². The smallest absolute Gasteiger partial charge is 0.0674 e. The third kappa shape index (κ3) is 1.99. The lowest BCUT2D eigenvalue weighted by Crippen LogP contribution is -2.55. The number of rotatable bonds is 2. The molecule has 1 aliphatic heterocycles. The van der Waals surface area contributed by atoms with Gasteiger partial charge in [0.05, 0.1) is 5.66 Å². The third-order valence-electron chi connectivity index (χ3n) is 3.22. The van der Waals surface area contributed by atoms with Crippen LogP contribution >= 0.6 is 0 Å². The van der Waals surface area contributed by atoms with Crippen molar-refractivity contribution >= 4 is 0 Å². The summed E-state index contributed by atoms with van der Waals surface area (Å²) in [7, 11) is 4.32. The van der Waals surface area contributed by atoms with Gasteiger partial charge in [-0.05, 0) is 53.9 Å². The Labute approximate surface area is 76.5 Å². The van der Waals surface area contributed by atoms with E-state index >= 15 is 0 Å². The Morgan fingerprint density at radius 2 is 1.50 bits per heavy atom. The van der Waals surface area contributed by atoms with E-state index in [1.54, 1.807) is 0 Å². The first-order valence-corrected chi connectivity index (χ1v) is 4.97. The molecule has 0 aliphatic carbocycles. The van der Waals surface area contributed by atoms with E-state index < -0.39 is 0 Å². The summed E-state index contributed by atoms with van der Waals surface area (Å²) < 4.78 is 0. The first-order valence-electron chi connectivity index (χ1n) is 4.97. The highest BCUT2D eigenvalue weighted by Crippen LogP contribution is 2.21. The molecular weight excluding hydrogens is 148 g/mol. The van der Waals surface area contributed by atoms with Crippen LogP contribution in [0.15, 0.2) is 0 Å². The van der Waals surface area contributed by atoms with Gasteiger partial charge in [0.2, 0.25) is 0 Å². The molecule has 0 aromatic carbocycles. The standard InChI is InChI=1S/C10H22N2/c1-10(2,11(3)4)12-8-6-5-7-9-12/h5-9H2,1-4H3. The molecule has 1 aliphatic rings. The molecule has 0 aromatic heterocycles. The quantitative estimate of drug-likeness (QED) is 0.623. The molecule has 0 unspecified atom stereocenters. The van der Waals surface area contributed by atoms with Crippen LogP contribution in [-0.4, -0.2) is 42.6 Å². The highest BCUT2D eigenvalue weighted by atomic mass is 15.4. The second-order valence-electron chi connectivity index (χ2n) is 4.44. The molecule has 0 bridgehead atoms. The monoisotopic (exact) mass is 170 g/mol. The molecule has 2 nitrogen and oxygen atoms in total. The molecule has 1 rings (SSSR count). The van der Waals surface area contributed by atoms with Crippen molar-refractivity contribution in [3.05, 3.63) is 0 Å². The predicted octanol–water partition coefficient (Wildman–Crippen LogP) is 1.77. The number of hydrogen-bond acceptors (Lipinski definition) is 2. The molecule has 72 valence electrons. The largest absolute Gasteiger partial charge is 0.292 e. The molecule has 0 amide bonds. The van der Waals surface area contributed by atoms with Gasteiger partial charge in [0.1, 0.15) is 0 Å². The van der Waals surface area contributed by atoms with Gasteiger partial charge in [-0.3, -0.25) is 9.80 Å². The van der Waals surface area contributed by atoms with Crippen molar-refractivity contribution in [3.63, 3.8) is 0 Å². The Morgan fingerprint density at radius 1 is 1.00 bits per heavy atom. The Bertz CT molecular complexity index is 135. The van der Waals surface area contributed by atoms with Crippen LogP contribution in [0.4, 0.5) is 0 Å². The summed E-state index contributed by atoms with van der Waals surface area (Å²) in [6.07, 6.45) is 4.16. The van der Waals surface area contributed by atoms with Crippen LogP contribution in [0.2, 0.25) is 0 Å². The van der Waals surface area contributed by atoms with E-state index in [1.165, 1.54) is 32.4 Å². The van der Waals surface area contributed by atoms with Crippen LogP contribution in [0.1, 0.15) is 33.1 Å². The van der Waals surface area contributed by atoms with Gasteiger partial charge in [-0.25, -0.2) is 0 Å². The molecule has 0 saturated carbocycles. The van der Waals surface area contributed by atoms with E-state index in [2.05, 4.69) is 37.7 Å². The zero-order valence-corrected chi connectivity index (χ0v) is 8.93. The molecule has 0 atom stereocenters. The van der Waals surface area contributed by atoms with Crippen LogP contribution in [0.25, 0.3) is 0 Å². The molecule has 1 heterocycles. The fourth-order valence-corrected chi connectivity index (χ4v) is 1.72. The summed E-state index contributed by atoms with van der Waals surface area (Å²) in [4.78, 5) is 4.88. The van der Waals surface area contributed by atoms with Gasteiger partial charge in [0, 0.05) is 0 Å². The lowest BCUT2D eigenvalue weighted by atomic mass is 10.1. The van der Waals surface area contributed by atoms with Crippen LogP contribution in [0.5, 0.6) is 0 Å². The number of likely N-dealkylation sites (tertiary alicyclic amines) is 1. The lowest BCUT2D eigenvalue weighted by Gasteiger charge is -2.45. The van der Waals surface area contributed by atoms with Gasteiger partial charge in [0.25, 0.3) is 0 Å². The number of nitrogens with zero attached hydrogens (tertiary/aromatic N) is 2. The van der Waals surface area contributed by atoms with E-state index in [9.17, 15) is 0 Å². The van der Waals surface area contributed by atoms with E-state index in [4.69, 9.17) is 0 Å². The first-order chi connectivity index (χ1) is 5.55. The van der Waals surface area contributed by atoms with Gasteiger partial charge in [0.15, 0.2) is 0 Å². The van der Waals surface area contributed by atoms with Crippen molar-refractivity contribution < 1.29 is 0 Å². The van der Waals surface area contributed by atoms with Crippen LogP contribution in [0, 0.1) is 0 Å². The Kier molecular flexibility index (Phi) is 3.13. The van der Waals surface area contributed by atoms with Gasteiger partial charge in [-0.2, -0.15) is 0 Å². The second-order valence-corrected chi connectivity index (χ2v) is 4.44. The second kappa shape index (κ2) is 3.75. The molecule has 12 heavy (non-hydrogen) atoms. The lowest BCUT2D eigenvalue weighted by molar-refractivity contribution is -0.0127. The predicted molar refractivity (Wildman–Crippen MR) is 53.2 cm³/mol. The molecule has 1 saturated heterocycles. The van der Waals surface area contributed by atoms with E-state index in [0.29, 0.717) is 0 Å². The molecular formula is C10H22N2. The molecule has 2 heteroatoms. The topological polar surface area (TPSA) is 6.48 Å². The molecule has 0 spiro atoms. The minimum absolute atomic E-state index is 0.237. The Morgan fingerprint density at radius 3 is 1.92 bits per heavy atom. The maximum absolute atomic E-state index is 2.58. The average molecular weight is 170 g/mol. The van der Waals surface area contributed by atoms with Crippen molar-refractivity contribution in [2.45, 2.75) is 38.8 Å². The van der Waals surface area contributed by atoms with Crippen molar-refractivity contribution in [2.24, 2.45) is 0 Å². The summed E-state index contributed by atoms with van der Waals surface area (Å²) in [5, 5.41) is 0. The fraction of sp³-hybridized carbons (Fsp3) is 1.00. The maximum Gasteiger partial charge on any atom is 0.0674 e. The summed E-state index contributed by atoms with van der Waals surface area (Å²) in [5.41, 5.74) is 0.237. The maximum atomic E-state index is 2.58. The van der Waals surface area contributed by atoms with Crippen LogP contribution < -0.4 is 0 Å². The molecule has 0 radical (unpaired) electrons. The van der Waals surface area contributed by atoms with E-state index in [1.807, 2.05) is 0 Å². The van der Waals surface area contributed by atoms with Crippen molar-refractivity contribution in [1.82, 2.24) is 9.80 Å². The minimum atomic E-state index is 0.237. The van der Waals surface area contributed by atoms with Crippen LogP contribution in [-0.2, 0) is 0 Å². The molecule has 0 N–H and O–H groups in total. The van der Waals surface area contributed by atoms with Gasteiger partial charge in [-0.1, -0.05) is 6.42 Å². The highest BCUT2D eigenvalue weighted by Gasteiger charge is 2.29. The highest BCUT2D eigenvalue weighted by molar-refractivity contribution is 4.80. The average Bonchev–Trinajstić information content (AvgIpc) is 2.06. The number of hydrogen-bond donors (Lipinski definition) is 0. The Hall–Kier alpha value is -0.0800. The van der Waals surface area contributed by atoms with Crippen molar-refractivity contribution in [2.75, 3.05) is 27.2 Å². The Balaban J connectivity index is 2.53. The zero-order valence-electron chi connectivity index (χ0n) is 8.93. The molecule has 0 aromatic rings. The van der Waals surface area contributed by atoms with Crippen molar-refractivity contribution in [3.8, 4) is 0 Å². The summed E-state index contributed by atoms with van der Waals surface area (Å²) in [5.74, 6) is 0. The summed E-state index contributed by atoms with van der Waals surface area (Å²) in [6, 6.07) is 0. The van der Waals surface area contributed by atoms with Gasteiger partial charge < -0.3 is 0 Å². The van der Waals surface area contributed by atoms with Crippen LogP contribution in [0.3, 0.4) is 0 Å². The van der Waals surface area contributed by atoms with Gasteiger partial charge >= 0.3 is 0 Å². The normalized spacial score (nSPS) is 21.8. The molecule has 1 fully saturated rings. The number of piperidine rings is 1. The summed E-state index contributed by atoms with van der Waals surface area (Å²) >= 11 is 0. The fourth-order valence-electron chi connectivity index (χ4n) is 1.72. The van der Waals surface area contributed by atoms with E-state index in [-0.39, 0.29) is 5.66 Å². The first kappa shape index (κ1) is 10.0. The van der Waals surface area contributed by atoms with Gasteiger partial charge in [-0.15, -0.1) is 0 Å². The zero-order chi connectivity index (χ0) is 9.19. The third-order valence-corrected chi connectivity index (χ3v) is 3.22. The summed E-state index contributed by atoms with van der Waals surface area (Å²) in [6.45, 7) is 7.15.